The summed E-state index contributed by atoms with van der Waals surface area (Å²) in [5.74, 6) is 2.86. The van der Waals surface area contributed by atoms with Gasteiger partial charge in [0.05, 0.1) is 5.69 Å². The smallest absolute Gasteiger partial charge is 0.0869 e. The Morgan fingerprint density at radius 2 is 2.07 bits per heavy atom. The number of nitrogens with zero attached hydrogens (tertiary/aromatic N) is 1. The Morgan fingerprint density at radius 1 is 1.29 bits per heavy atom. The summed E-state index contributed by atoms with van der Waals surface area (Å²) in [5, 5.41) is 1.90. The van der Waals surface area contributed by atoms with Gasteiger partial charge in [0.2, 0.25) is 0 Å². The molecule has 1 heterocycles. The zero-order valence-corrected chi connectivity index (χ0v) is 9.48. The zero-order valence-electron chi connectivity index (χ0n) is 8.66. The standard InChI is InChI=1S/C12H13NS/c1-12(2,3)9-4-5-10-11(8-9)14-7-6-13-10/h4-5,7-8H,1-3H3. The predicted molar refractivity (Wildman–Crippen MR) is 62.7 cm³/mol. The number of hydrogen-bond acceptors (Lipinski definition) is 2. The van der Waals surface area contributed by atoms with Crippen molar-refractivity contribution < 1.29 is 0 Å². The Balaban J connectivity index is 2.48. The molecule has 0 amide bonds. The van der Waals surface area contributed by atoms with Gasteiger partial charge < -0.3 is 0 Å². The minimum absolute atomic E-state index is 0.209. The molecule has 1 aliphatic rings. The van der Waals surface area contributed by atoms with Crippen molar-refractivity contribution in [2.75, 3.05) is 0 Å². The highest BCUT2D eigenvalue weighted by Crippen LogP contribution is 2.35. The molecule has 0 N–H and O–H groups in total. The van der Waals surface area contributed by atoms with Crippen LogP contribution >= 0.6 is 11.8 Å². The third kappa shape index (κ3) is 1.77. The van der Waals surface area contributed by atoms with E-state index in [2.05, 4.69) is 49.8 Å². The van der Waals surface area contributed by atoms with E-state index in [1.165, 1.54) is 10.5 Å². The second kappa shape index (κ2) is 3.30. The van der Waals surface area contributed by atoms with E-state index in [9.17, 15) is 0 Å². The third-order valence-electron chi connectivity index (χ3n) is 2.25. The van der Waals surface area contributed by atoms with Gasteiger partial charge in [-0.15, -0.1) is 0 Å². The van der Waals surface area contributed by atoms with Crippen molar-refractivity contribution in [3.63, 3.8) is 0 Å². The van der Waals surface area contributed by atoms with Crippen LogP contribution in [0.25, 0.3) is 0 Å². The van der Waals surface area contributed by atoms with Crippen LogP contribution in [0, 0.1) is 0 Å². The molecule has 1 nitrogen and oxygen atoms in total. The summed E-state index contributed by atoms with van der Waals surface area (Å²) in [6, 6.07) is 6.44. The molecule has 1 aliphatic heterocycles. The number of benzene rings is 1. The molecule has 0 unspecified atom stereocenters. The molecule has 1 aromatic carbocycles. The fourth-order valence-corrected chi connectivity index (χ4v) is 2.01. The summed E-state index contributed by atoms with van der Waals surface area (Å²) in [6.07, 6.45) is 0. The largest absolute Gasteiger partial charge is 0.205 e. The number of thioether (sulfide) groups is 1. The van der Waals surface area contributed by atoms with Gasteiger partial charge in [-0.3, -0.25) is 0 Å². The lowest BCUT2D eigenvalue weighted by Crippen LogP contribution is -2.10. The first kappa shape index (κ1) is 9.57. The molecule has 1 aromatic rings. The molecule has 0 saturated carbocycles. The van der Waals surface area contributed by atoms with Gasteiger partial charge in [0, 0.05) is 10.3 Å². The Labute approximate surface area is 88.9 Å². The maximum atomic E-state index is 4.19. The van der Waals surface area contributed by atoms with Crippen LogP contribution in [0.5, 0.6) is 0 Å². The molecule has 2 rings (SSSR count). The van der Waals surface area contributed by atoms with Crippen LogP contribution in [0.15, 0.2) is 33.5 Å². The molecular weight excluding hydrogens is 190 g/mol. The van der Waals surface area contributed by atoms with E-state index in [0.717, 1.165) is 5.69 Å². The minimum Gasteiger partial charge on any atom is -0.205 e. The van der Waals surface area contributed by atoms with Crippen LogP contribution in [-0.4, -0.2) is 5.87 Å². The van der Waals surface area contributed by atoms with Crippen molar-refractivity contribution in [1.29, 1.82) is 0 Å². The van der Waals surface area contributed by atoms with Gasteiger partial charge in [0.15, 0.2) is 0 Å². The molecule has 0 aliphatic carbocycles. The SMILES string of the molecule is CC(C)(C)c1ccc2c(c1)SC=C=N2. The molecule has 72 valence electrons. The van der Waals surface area contributed by atoms with Crippen LogP contribution in [0.4, 0.5) is 5.69 Å². The molecule has 0 aromatic heterocycles. The Morgan fingerprint density at radius 3 is 2.79 bits per heavy atom. The normalized spacial score (nSPS) is 14.2. The van der Waals surface area contributed by atoms with E-state index in [4.69, 9.17) is 0 Å². The van der Waals surface area contributed by atoms with Crippen molar-refractivity contribution in [1.82, 2.24) is 0 Å². The van der Waals surface area contributed by atoms with Crippen molar-refractivity contribution in [3.05, 3.63) is 29.2 Å². The van der Waals surface area contributed by atoms with E-state index in [1.807, 2.05) is 5.41 Å². The zero-order chi connectivity index (χ0) is 10.2. The average molecular weight is 203 g/mol. The lowest BCUT2D eigenvalue weighted by Gasteiger charge is -2.20. The molecule has 0 fully saturated rings. The second-order valence-electron chi connectivity index (χ2n) is 4.41. The fourth-order valence-electron chi connectivity index (χ4n) is 1.35. The average Bonchev–Trinajstić information content (AvgIpc) is 2.16. The van der Waals surface area contributed by atoms with E-state index in [-0.39, 0.29) is 5.41 Å². The fraction of sp³-hybridized carbons (Fsp3) is 0.333. The van der Waals surface area contributed by atoms with E-state index >= 15 is 0 Å². The molecular formula is C12H13NS. The number of aliphatic imine (C=N–C) groups is 1. The first-order valence-corrected chi connectivity index (χ1v) is 5.54. The van der Waals surface area contributed by atoms with Gasteiger partial charge in [-0.2, -0.15) is 0 Å². The van der Waals surface area contributed by atoms with Crippen molar-refractivity contribution in [2.45, 2.75) is 31.1 Å². The quantitative estimate of drug-likeness (QED) is 0.623. The molecule has 0 radical (unpaired) electrons. The van der Waals surface area contributed by atoms with E-state index in [1.54, 1.807) is 11.8 Å². The molecule has 14 heavy (non-hydrogen) atoms. The summed E-state index contributed by atoms with van der Waals surface area (Å²) in [7, 11) is 0. The summed E-state index contributed by atoms with van der Waals surface area (Å²) < 4.78 is 0. The molecule has 0 spiro atoms. The van der Waals surface area contributed by atoms with Crippen molar-refractivity contribution in [3.8, 4) is 0 Å². The van der Waals surface area contributed by atoms with Gasteiger partial charge in [-0.05, 0) is 29.0 Å². The Kier molecular flexibility index (Phi) is 2.26. The highest BCUT2D eigenvalue weighted by atomic mass is 32.2. The maximum absolute atomic E-state index is 4.19. The van der Waals surface area contributed by atoms with Gasteiger partial charge in [0.25, 0.3) is 0 Å². The number of rotatable bonds is 0. The molecule has 0 saturated heterocycles. The summed E-state index contributed by atoms with van der Waals surface area (Å²) in [5.41, 5.74) is 2.60. The molecule has 0 bridgehead atoms. The topological polar surface area (TPSA) is 12.4 Å². The molecule has 0 atom stereocenters. The van der Waals surface area contributed by atoms with Crippen molar-refractivity contribution >= 4 is 23.3 Å². The van der Waals surface area contributed by atoms with Gasteiger partial charge in [0.1, 0.15) is 0 Å². The van der Waals surface area contributed by atoms with Gasteiger partial charge in [-0.25, -0.2) is 4.99 Å². The number of fused-ring (bicyclic) bond motifs is 1. The minimum atomic E-state index is 0.209. The van der Waals surface area contributed by atoms with E-state index in [0.29, 0.717) is 0 Å². The van der Waals surface area contributed by atoms with Crippen LogP contribution in [0.2, 0.25) is 0 Å². The highest BCUT2D eigenvalue weighted by molar-refractivity contribution is 8.02. The predicted octanol–water partition coefficient (Wildman–Crippen LogP) is 3.90. The van der Waals surface area contributed by atoms with Crippen LogP contribution in [0.1, 0.15) is 26.3 Å². The second-order valence-corrected chi connectivity index (χ2v) is 5.32. The maximum Gasteiger partial charge on any atom is 0.0869 e. The van der Waals surface area contributed by atoms with Crippen LogP contribution < -0.4 is 0 Å². The first-order chi connectivity index (χ1) is 6.57. The van der Waals surface area contributed by atoms with Crippen molar-refractivity contribution in [2.24, 2.45) is 4.99 Å². The summed E-state index contributed by atoms with van der Waals surface area (Å²) >= 11 is 1.69. The molecule has 2 heteroatoms. The van der Waals surface area contributed by atoms with Gasteiger partial charge in [-0.1, -0.05) is 38.6 Å². The number of hydrogen-bond donors (Lipinski definition) is 0. The van der Waals surface area contributed by atoms with Crippen LogP contribution in [0.3, 0.4) is 0 Å². The monoisotopic (exact) mass is 203 g/mol. The Bertz CT molecular complexity index is 420. The van der Waals surface area contributed by atoms with Crippen LogP contribution in [-0.2, 0) is 5.41 Å². The first-order valence-electron chi connectivity index (χ1n) is 4.66. The lowest BCUT2D eigenvalue weighted by molar-refractivity contribution is 0.589. The van der Waals surface area contributed by atoms with E-state index < -0.39 is 0 Å². The van der Waals surface area contributed by atoms with Gasteiger partial charge >= 0.3 is 0 Å². The summed E-state index contributed by atoms with van der Waals surface area (Å²) in [6.45, 7) is 6.67. The lowest BCUT2D eigenvalue weighted by atomic mass is 9.87. The summed E-state index contributed by atoms with van der Waals surface area (Å²) in [4.78, 5) is 5.42. The third-order valence-corrected chi connectivity index (χ3v) is 3.05. The Hall–Kier alpha value is -0.980. The highest BCUT2D eigenvalue weighted by Gasteiger charge is 2.15.